The van der Waals surface area contributed by atoms with Gasteiger partial charge in [-0.2, -0.15) is 0 Å². The summed E-state index contributed by atoms with van der Waals surface area (Å²) in [6.45, 7) is 0.705. The van der Waals surface area contributed by atoms with Crippen molar-refractivity contribution in [1.82, 2.24) is 0 Å². The minimum absolute atomic E-state index is 0.397. The number of thiocarbonyl (C=S) groups is 1. The Morgan fingerprint density at radius 3 is 2.78 bits per heavy atom. The van der Waals surface area contributed by atoms with E-state index in [4.69, 9.17) is 16.3 Å². The van der Waals surface area contributed by atoms with Crippen LogP contribution >= 0.6 is 23.8 Å². The Balaban J connectivity index is 3.28. The van der Waals surface area contributed by atoms with Crippen molar-refractivity contribution in [1.29, 1.82) is 0 Å². The highest BCUT2D eigenvalue weighted by Gasteiger charge is 2.02. The third-order valence-corrected chi connectivity index (χ3v) is 1.68. The van der Waals surface area contributed by atoms with Gasteiger partial charge >= 0.3 is 0 Å². The maximum Gasteiger partial charge on any atom is 0.0505 e. The van der Waals surface area contributed by atoms with Crippen molar-refractivity contribution in [3.8, 4) is 0 Å². The van der Waals surface area contributed by atoms with Crippen molar-refractivity contribution < 1.29 is 4.74 Å². The van der Waals surface area contributed by atoms with Crippen molar-refractivity contribution in [2.24, 2.45) is 5.92 Å². The molecule has 1 atom stereocenters. The highest BCUT2D eigenvalue weighted by Crippen LogP contribution is 2.03. The molecule has 0 saturated carbocycles. The summed E-state index contributed by atoms with van der Waals surface area (Å²) >= 11 is 10.2. The molecule has 0 saturated heterocycles. The third-order valence-electron chi connectivity index (χ3n) is 1.05. The quantitative estimate of drug-likeness (QED) is 0.456. The summed E-state index contributed by atoms with van der Waals surface area (Å²) in [5.41, 5.74) is 0. The molecule has 3 heteroatoms. The van der Waals surface area contributed by atoms with Gasteiger partial charge in [0.2, 0.25) is 0 Å². The van der Waals surface area contributed by atoms with Gasteiger partial charge in [-0.05, 0) is 11.8 Å². The molecule has 0 bridgehead atoms. The second-order valence-corrected chi connectivity index (χ2v) is 2.52. The van der Waals surface area contributed by atoms with Crippen LogP contribution in [0.15, 0.2) is 0 Å². The fraction of sp³-hybridized carbons (Fsp3) is 0.833. The average Bonchev–Trinajstić information content (AvgIpc) is 1.88. The SMILES string of the molecule is COCC(CCl)CC=S. The first-order chi connectivity index (χ1) is 4.35. The number of halogens is 1. The van der Waals surface area contributed by atoms with Gasteiger partial charge in [0.15, 0.2) is 0 Å². The molecule has 0 radical (unpaired) electrons. The standard InChI is InChI=1S/C6H11ClOS/c1-8-5-6(4-7)2-3-9/h3,6H,2,4-5H2,1H3. The normalized spacial score (nSPS) is 13.1. The van der Waals surface area contributed by atoms with Crippen LogP contribution in [0.1, 0.15) is 6.42 Å². The van der Waals surface area contributed by atoms with Gasteiger partial charge in [-0.15, -0.1) is 11.6 Å². The Labute approximate surface area is 66.3 Å². The molecule has 1 nitrogen and oxygen atoms in total. The zero-order chi connectivity index (χ0) is 7.11. The first kappa shape index (κ1) is 9.34. The van der Waals surface area contributed by atoms with Gasteiger partial charge < -0.3 is 4.74 Å². The summed E-state index contributed by atoms with van der Waals surface area (Å²) in [6, 6.07) is 0. The van der Waals surface area contributed by atoms with E-state index in [2.05, 4.69) is 12.2 Å². The number of hydrogen-bond donors (Lipinski definition) is 0. The average molecular weight is 167 g/mol. The monoisotopic (exact) mass is 166 g/mol. The van der Waals surface area contributed by atoms with Crippen molar-refractivity contribution in [2.45, 2.75) is 6.42 Å². The first-order valence-corrected chi connectivity index (χ1v) is 3.84. The molecule has 0 aromatic carbocycles. The Morgan fingerprint density at radius 2 is 2.44 bits per heavy atom. The summed E-state index contributed by atoms with van der Waals surface area (Å²) in [7, 11) is 1.67. The van der Waals surface area contributed by atoms with Crippen molar-refractivity contribution >= 4 is 29.2 Å². The molecule has 0 heterocycles. The van der Waals surface area contributed by atoms with E-state index in [0.717, 1.165) is 6.42 Å². The molecule has 54 valence electrons. The Bertz CT molecular complexity index is 77.5. The molecule has 1 unspecified atom stereocenters. The minimum atomic E-state index is 0.397. The van der Waals surface area contributed by atoms with Gasteiger partial charge in [-0.25, -0.2) is 0 Å². The molecule has 0 fully saturated rings. The van der Waals surface area contributed by atoms with E-state index in [9.17, 15) is 0 Å². The van der Waals surface area contributed by atoms with E-state index in [1.165, 1.54) is 0 Å². The van der Waals surface area contributed by atoms with Crippen molar-refractivity contribution in [3.63, 3.8) is 0 Å². The van der Waals surface area contributed by atoms with Gasteiger partial charge in [0.1, 0.15) is 0 Å². The molecular weight excluding hydrogens is 156 g/mol. The highest BCUT2D eigenvalue weighted by molar-refractivity contribution is 7.78. The molecule has 0 aliphatic heterocycles. The maximum atomic E-state index is 5.58. The highest BCUT2D eigenvalue weighted by atomic mass is 35.5. The molecule has 0 aliphatic rings. The minimum Gasteiger partial charge on any atom is -0.384 e. The summed E-state index contributed by atoms with van der Waals surface area (Å²) in [4.78, 5) is 0. The van der Waals surface area contributed by atoms with E-state index in [0.29, 0.717) is 18.4 Å². The first-order valence-electron chi connectivity index (χ1n) is 2.83. The lowest BCUT2D eigenvalue weighted by Crippen LogP contribution is -2.09. The largest absolute Gasteiger partial charge is 0.384 e. The van der Waals surface area contributed by atoms with E-state index >= 15 is 0 Å². The second kappa shape index (κ2) is 6.46. The van der Waals surface area contributed by atoms with E-state index in [1.807, 2.05) is 0 Å². The van der Waals surface area contributed by atoms with Crippen LogP contribution in [0.4, 0.5) is 0 Å². The van der Waals surface area contributed by atoms with Crippen LogP contribution in [-0.4, -0.2) is 25.0 Å². The summed E-state index contributed by atoms with van der Waals surface area (Å²) in [5.74, 6) is 1.02. The zero-order valence-electron chi connectivity index (χ0n) is 5.47. The molecular formula is C6H11ClOS. The second-order valence-electron chi connectivity index (χ2n) is 1.88. The lowest BCUT2D eigenvalue weighted by Gasteiger charge is -2.07. The van der Waals surface area contributed by atoms with E-state index in [-0.39, 0.29) is 0 Å². The van der Waals surface area contributed by atoms with Crippen LogP contribution in [0.5, 0.6) is 0 Å². The topological polar surface area (TPSA) is 9.23 Å². The number of methoxy groups -OCH3 is 1. The van der Waals surface area contributed by atoms with Gasteiger partial charge in [0.05, 0.1) is 6.61 Å². The Hall–Kier alpha value is 0.340. The molecule has 0 spiro atoms. The molecule has 0 aliphatic carbocycles. The van der Waals surface area contributed by atoms with Crippen molar-refractivity contribution in [3.05, 3.63) is 0 Å². The summed E-state index contributed by atoms with van der Waals surface area (Å²) in [5, 5.41) is 1.70. The van der Waals surface area contributed by atoms with Crippen LogP contribution in [-0.2, 0) is 4.74 Å². The van der Waals surface area contributed by atoms with Crippen LogP contribution in [0.25, 0.3) is 0 Å². The molecule has 0 aromatic rings. The maximum absolute atomic E-state index is 5.58. The number of ether oxygens (including phenoxy) is 1. The number of rotatable bonds is 5. The third kappa shape index (κ3) is 4.82. The lowest BCUT2D eigenvalue weighted by atomic mass is 10.1. The number of alkyl halides is 1. The lowest BCUT2D eigenvalue weighted by molar-refractivity contribution is 0.164. The van der Waals surface area contributed by atoms with Gasteiger partial charge in [0, 0.05) is 18.9 Å². The fourth-order valence-electron chi connectivity index (χ4n) is 0.547. The van der Waals surface area contributed by atoms with Crippen LogP contribution in [0.3, 0.4) is 0 Å². The predicted octanol–water partition coefficient (Wildman–Crippen LogP) is 1.88. The molecule has 0 amide bonds. The molecule has 0 aromatic heterocycles. The summed E-state index contributed by atoms with van der Waals surface area (Å²) in [6.07, 6.45) is 0.868. The van der Waals surface area contributed by atoms with Gasteiger partial charge in [-0.1, -0.05) is 12.2 Å². The molecule has 0 rings (SSSR count). The molecule has 9 heavy (non-hydrogen) atoms. The number of hydrogen-bond acceptors (Lipinski definition) is 2. The van der Waals surface area contributed by atoms with Gasteiger partial charge in [0.25, 0.3) is 0 Å². The van der Waals surface area contributed by atoms with Crippen molar-refractivity contribution in [2.75, 3.05) is 19.6 Å². The fourth-order valence-corrected chi connectivity index (χ4v) is 1.03. The zero-order valence-corrected chi connectivity index (χ0v) is 7.04. The molecule has 0 N–H and O–H groups in total. The smallest absolute Gasteiger partial charge is 0.0505 e. The predicted molar refractivity (Wildman–Crippen MR) is 44.4 cm³/mol. The van der Waals surface area contributed by atoms with E-state index < -0.39 is 0 Å². The van der Waals surface area contributed by atoms with Crippen LogP contribution in [0, 0.1) is 5.92 Å². The Kier molecular flexibility index (Phi) is 6.70. The summed E-state index contributed by atoms with van der Waals surface area (Å²) < 4.78 is 4.90. The van der Waals surface area contributed by atoms with Crippen LogP contribution < -0.4 is 0 Å². The Morgan fingerprint density at radius 1 is 1.78 bits per heavy atom. The van der Waals surface area contributed by atoms with Crippen LogP contribution in [0.2, 0.25) is 0 Å². The van der Waals surface area contributed by atoms with Gasteiger partial charge in [-0.3, -0.25) is 0 Å². The van der Waals surface area contributed by atoms with E-state index in [1.54, 1.807) is 12.5 Å².